The Hall–Kier alpha value is -1.01. The van der Waals surface area contributed by atoms with Crippen molar-refractivity contribution in [1.82, 2.24) is 0 Å². The van der Waals surface area contributed by atoms with E-state index in [2.05, 4.69) is 0 Å². The molecule has 0 saturated carbocycles. The summed E-state index contributed by atoms with van der Waals surface area (Å²) in [4.78, 5) is 10.9. The lowest BCUT2D eigenvalue weighted by Crippen LogP contribution is -2.51. The maximum Gasteiger partial charge on any atom is 0.363 e. The van der Waals surface area contributed by atoms with Crippen molar-refractivity contribution in [3.8, 4) is 0 Å². The Labute approximate surface area is 93.5 Å². The van der Waals surface area contributed by atoms with Crippen molar-refractivity contribution < 1.29 is 31.1 Å². The van der Waals surface area contributed by atoms with E-state index < -0.39 is 36.0 Å². The molecule has 1 aliphatic rings. The molecule has 1 rings (SSSR count). The predicted octanol–water partition coefficient (Wildman–Crippen LogP) is 3.59. The predicted molar refractivity (Wildman–Crippen MR) is 47.5 cm³/mol. The van der Waals surface area contributed by atoms with Gasteiger partial charge in [0.1, 0.15) is 0 Å². The molecule has 1 unspecified atom stereocenters. The van der Waals surface area contributed by atoms with Crippen LogP contribution in [0.3, 0.4) is 0 Å². The van der Waals surface area contributed by atoms with Gasteiger partial charge in [-0.15, -0.1) is 0 Å². The average molecular weight is 260 g/mol. The maximum atomic E-state index is 13.0. The second-order valence-corrected chi connectivity index (χ2v) is 3.82. The summed E-state index contributed by atoms with van der Waals surface area (Å²) in [7, 11) is 0. The molecular weight excluding hydrogens is 250 g/mol. The van der Waals surface area contributed by atoms with E-state index in [1.54, 1.807) is 0 Å². The summed E-state index contributed by atoms with van der Waals surface area (Å²) in [5, 5.41) is 0. The third-order valence-corrected chi connectivity index (χ3v) is 2.52. The Balaban J connectivity index is 3.17. The van der Waals surface area contributed by atoms with Crippen LogP contribution < -0.4 is 0 Å². The van der Waals surface area contributed by atoms with E-state index in [-0.39, 0.29) is 19.3 Å². The molecule has 0 radical (unpaired) electrons. The lowest BCUT2D eigenvalue weighted by molar-refractivity contribution is -0.224. The van der Waals surface area contributed by atoms with Gasteiger partial charge in [-0.25, -0.2) is 8.78 Å². The van der Waals surface area contributed by atoms with E-state index in [1.807, 2.05) is 0 Å². The quantitative estimate of drug-likeness (QED) is 0.608. The van der Waals surface area contributed by atoms with Crippen molar-refractivity contribution in [2.45, 2.75) is 43.7 Å². The number of hydrogen-bond acceptors (Lipinski definition) is 1. The van der Waals surface area contributed by atoms with Gasteiger partial charge in [-0.3, -0.25) is 4.79 Å². The molecule has 98 valence electrons. The fraction of sp³-hybridized carbons (Fsp3) is 0.700. The molecule has 0 bridgehead atoms. The standard InChI is InChI=1S/C10H10F6O/c11-7-5-3-1-2-4-6(17)8(12)10(15,16)9(7,13)14/h5,8H,1-4H2/b7-5-. The van der Waals surface area contributed by atoms with Crippen molar-refractivity contribution in [2.75, 3.05) is 0 Å². The Bertz CT molecular complexity index is 336. The number of halogens is 6. The van der Waals surface area contributed by atoms with Crippen LogP contribution >= 0.6 is 0 Å². The molecule has 7 heteroatoms. The van der Waals surface area contributed by atoms with Crippen LogP contribution in [0, 0.1) is 0 Å². The fourth-order valence-corrected chi connectivity index (χ4v) is 1.45. The number of ketones is 1. The highest BCUT2D eigenvalue weighted by atomic mass is 19.3. The number of carbonyl (C=O) groups is 1. The third-order valence-electron chi connectivity index (χ3n) is 2.52. The van der Waals surface area contributed by atoms with Crippen LogP contribution in [0.25, 0.3) is 0 Å². The molecule has 0 heterocycles. The normalized spacial score (nSPS) is 32.7. The lowest BCUT2D eigenvalue weighted by Gasteiger charge is -2.27. The molecule has 0 aromatic rings. The highest BCUT2D eigenvalue weighted by Gasteiger charge is 2.66. The van der Waals surface area contributed by atoms with E-state index in [0.717, 1.165) is 0 Å². The van der Waals surface area contributed by atoms with Crippen molar-refractivity contribution in [3.63, 3.8) is 0 Å². The zero-order valence-corrected chi connectivity index (χ0v) is 8.66. The summed E-state index contributed by atoms with van der Waals surface area (Å²) in [6.45, 7) is 0. The largest absolute Gasteiger partial charge is 0.363 e. The fourth-order valence-electron chi connectivity index (χ4n) is 1.45. The second-order valence-electron chi connectivity index (χ2n) is 3.82. The van der Waals surface area contributed by atoms with E-state index in [0.29, 0.717) is 6.08 Å². The second kappa shape index (κ2) is 4.70. The summed E-state index contributed by atoms with van der Waals surface area (Å²) >= 11 is 0. The summed E-state index contributed by atoms with van der Waals surface area (Å²) in [6, 6.07) is 0. The molecule has 0 aliphatic heterocycles. The maximum absolute atomic E-state index is 13.0. The van der Waals surface area contributed by atoms with Gasteiger partial charge in [0.25, 0.3) is 0 Å². The van der Waals surface area contributed by atoms with Crippen LogP contribution in [0.4, 0.5) is 26.3 Å². The summed E-state index contributed by atoms with van der Waals surface area (Å²) in [5.74, 6) is -14.7. The molecule has 17 heavy (non-hydrogen) atoms. The van der Waals surface area contributed by atoms with Crippen molar-refractivity contribution in [1.29, 1.82) is 0 Å². The Morgan fingerprint density at radius 2 is 1.76 bits per heavy atom. The molecule has 1 nitrogen and oxygen atoms in total. The van der Waals surface area contributed by atoms with Crippen LogP contribution in [0.5, 0.6) is 0 Å². The van der Waals surface area contributed by atoms with E-state index in [4.69, 9.17) is 0 Å². The summed E-state index contributed by atoms with van der Waals surface area (Å²) in [6.07, 6.45) is -3.90. The van der Waals surface area contributed by atoms with Crippen LogP contribution in [0.15, 0.2) is 11.9 Å². The van der Waals surface area contributed by atoms with E-state index in [9.17, 15) is 31.1 Å². The molecule has 1 atom stereocenters. The van der Waals surface area contributed by atoms with Crippen LogP contribution in [-0.2, 0) is 4.79 Å². The first-order chi connectivity index (χ1) is 7.71. The zero-order valence-electron chi connectivity index (χ0n) is 8.66. The highest BCUT2D eigenvalue weighted by molar-refractivity contribution is 5.84. The van der Waals surface area contributed by atoms with Crippen molar-refractivity contribution in [2.24, 2.45) is 0 Å². The summed E-state index contributed by atoms with van der Waals surface area (Å²) in [5.41, 5.74) is 0. The Kier molecular flexibility index (Phi) is 3.88. The first-order valence-corrected chi connectivity index (χ1v) is 5.00. The Morgan fingerprint density at radius 3 is 2.35 bits per heavy atom. The molecule has 0 N–H and O–H groups in total. The first-order valence-electron chi connectivity index (χ1n) is 5.00. The minimum absolute atomic E-state index is 0.0602. The smallest absolute Gasteiger partial charge is 0.296 e. The number of hydrogen-bond donors (Lipinski definition) is 0. The topological polar surface area (TPSA) is 17.1 Å². The van der Waals surface area contributed by atoms with Gasteiger partial charge in [0.15, 0.2) is 11.6 Å². The van der Waals surface area contributed by atoms with Gasteiger partial charge in [0.05, 0.1) is 0 Å². The van der Waals surface area contributed by atoms with Gasteiger partial charge in [0, 0.05) is 6.42 Å². The van der Waals surface area contributed by atoms with Gasteiger partial charge in [-0.05, 0) is 25.3 Å². The molecule has 0 fully saturated rings. The minimum atomic E-state index is -5.36. The van der Waals surface area contributed by atoms with Gasteiger partial charge in [0.2, 0.25) is 6.17 Å². The minimum Gasteiger partial charge on any atom is -0.296 e. The van der Waals surface area contributed by atoms with E-state index in [1.165, 1.54) is 0 Å². The van der Waals surface area contributed by atoms with Crippen LogP contribution in [-0.4, -0.2) is 23.8 Å². The summed E-state index contributed by atoms with van der Waals surface area (Å²) < 4.78 is 77.8. The number of Topliss-reactive ketones (excluding diaryl/α,β-unsaturated/α-hetero) is 1. The number of allylic oxidation sites excluding steroid dienone is 2. The molecule has 1 aliphatic carbocycles. The molecular formula is C10H10F6O. The molecule has 0 amide bonds. The van der Waals surface area contributed by atoms with Crippen LogP contribution in [0.2, 0.25) is 0 Å². The van der Waals surface area contributed by atoms with Crippen molar-refractivity contribution in [3.05, 3.63) is 11.9 Å². The van der Waals surface area contributed by atoms with Gasteiger partial charge in [-0.1, -0.05) is 0 Å². The number of rotatable bonds is 0. The first kappa shape index (κ1) is 14.1. The molecule has 0 saturated heterocycles. The number of alkyl halides is 5. The van der Waals surface area contributed by atoms with Gasteiger partial charge >= 0.3 is 11.8 Å². The van der Waals surface area contributed by atoms with E-state index >= 15 is 0 Å². The molecule has 0 aromatic heterocycles. The SMILES string of the molecule is O=C1CCCC/C=C(\F)C(F)(F)C(F)(F)C1F. The van der Waals surface area contributed by atoms with Gasteiger partial charge in [-0.2, -0.15) is 17.6 Å². The third kappa shape index (κ3) is 2.47. The monoisotopic (exact) mass is 260 g/mol. The average Bonchev–Trinajstić information content (AvgIpc) is 2.25. The van der Waals surface area contributed by atoms with Crippen LogP contribution in [0.1, 0.15) is 25.7 Å². The molecule has 0 aromatic carbocycles. The Morgan fingerprint density at radius 1 is 1.18 bits per heavy atom. The lowest BCUT2D eigenvalue weighted by atomic mass is 9.96. The van der Waals surface area contributed by atoms with Crippen molar-refractivity contribution >= 4 is 5.78 Å². The zero-order chi connectivity index (χ0) is 13.3. The number of carbonyl (C=O) groups excluding carboxylic acids is 1. The molecule has 0 spiro atoms. The van der Waals surface area contributed by atoms with Gasteiger partial charge < -0.3 is 0 Å². The highest BCUT2D eigenvalue weighted by Crippen LogP contribution is 2.45.